The van der Waals surface area contributed by atoms with E-state index in [2.05, 4.69) is 19.2 Å². The number of nitrogens with two attached hydrogens (primary N) is 2. The van der Waals surface area contributed by atoms with Crippen molar-refractivity contribution >= 4 is 0 Å². The van der Waals surface area contributed by atoms with Gasteiger partial charge in [-0.25, -0.2) is 0 Å². The van der Waals surface area contributed by atoms with Crippen LogP contribution in [0.15, 0.2) is 0 Å². The summed E-state index contributed by atoms with van der Waals surface area (Å²) in [5, 5.41) is 3.32. The smallest absolute Gasteiger partial charge is 0.0188 e. The highest BCUT2D eigenvalue weighted by Gasteiger charge is 2.04. The second kappa shape index (κ2) is 6.58. The summed E-state index contributed by atoms with van der Waals surface area (Å²) in [4.78, 5) is 0. The second-order valence-corrected chi connectivity index (χ2v) is 2.92. The monoisotopic (exact) mass is 159 g/mol. The first-order valence-corrected chi connectivity index (χ1v) is 4.43. The second-order valence-electron chi connectivity index (χ2n) is 2.92. The van der Waals surface area contributed by atoms with Crippen molar-refractivity contribution in [3.8, 4) is 0 Å². The molecule has 0 radical (unpaired) electrons. The van der Waals surface area contributed by atoms with Crippen LogP contribution in [0.1, 0.15) is 26.7 Å². The molecule has 2 unspecified atom stereocenters. The van der Waals surface area contributed by atoms with Crippen LogP contribution in [0.5, 0.6) is 0 Å². The molecule has 0 heterocycles. The third kappa shape index (κ3) is 5.18. The van der Waals surface area contributed by atoms with Gasteiger partial charge in [-0.05, 0) is 12.8 Å². The Labute approximate surface area is 69.5 Å². The van der Waals surface area contributed by atoms with E-state index in [1.165, 1.54) is 0 Å². The van der Waals surface area contributed by atoms with Gasteiger partial charge in [-0.3, -0.25) is 0 Å². The average molecular weight is 159 g/mol. The van der Waals surface area contributed by atoms with Gasteiger partial charge in [0, 0.05) is 25.2 Å². The van der Waals surface area contributed by atoms with Crippen LogP contribution in [-0.2, 0) is 0 Å². The highest BCUT2D eigenvalue weighted by Crippen LogP contribution is 1.89. The van der Waals surface area contributed by atoms with E-state index in [9.17, 15) is 0 Å². The molecule has 2 atom stereocenters. The number of rotatable bonds is 6. The molecule has 5 N–H and O–H groups in total. The Hall–Kier alpha value is -0.120. The minimum absolute atomic E-state index is 0.274. The van der Waals surface area contributed by atoms with E-state index < -0.39 is 0 Å². The van der Waals surface area contributed by atoms with E-state index in [0.717, 1.165) is 19.4 Å². The van der Waals surface area contributed by atoms with Crippen molar-refractivity contribution in [1.82, 2.24) is 5.32 Å². The minimum atomic E-state index is 0.274. The fourth-order valence-electron chi connectivity index (χ4n) is 0.857. The SMILES string of the molecule is CCC(N)CNC(CC)CN. The van der Waals surface area contributed by atoms with Gasteiger partial charge < -0.3 is 16.8 Å². The van der Waals surface area contributed by atoms with Crippen LogP contribution in [0.25, 0.3) is 0 Å². The average Bonchev–Trinajstić information content (AvgIpc) is 2.06. The summed E-state index contributed by atoms with van der Waals surface area (Å²) >= 11 is 0. The summed E-state index contributed by atoms with van der Waals surface area (Å²) in [5.41, 5.74) is 11.2. The number of nitrogens with one attached hydrogen (secondary N) is 1. The Balaban J connectivity index is 3.34. The third-order valence-electron chi connectivity index (χ3n) is 1.97. The van der Waals surface area contributed by atoms with E-state index in [1.54, 1.807) is 0 Å². The van der Waals surface area contributed by atoms with Gasteiger partial charge in [-0.1, -0.05) is 13.8 Å². The molecule has 11 heavy (non-hydrogen) atoms. The molecule has 0 aromatic heterocycles. The van der Waals surface area contributed by atoms with E-state index in [1.807, 2.05) is 0 Å². The van der Waals surface area contributed by atoms with Crippen LogP contribution in [0, 0.1) is 0 Å². The predicted octanol–water partition coefficient (Wildman–Crippen LogP) is 0.0506. The fraction of sp³-hybridized carbons (Fsp3) is 1.00. The standard InChI is InChI=1S/C8H21N3/c1-3-7(10)6-11-8(4-2)5-9/h7-8,11H,3-6,9-10H2,1-2H3. The van der Waals surface area contributed by atoms with Crippen LogP contribution < -0.4 is 16.8 Å². The summed E-state index contributed by atoms with van der Waals surface area (Å²) in [6.07, 6.45) is 2.10. The van der Waals surface area contributed by atoms with Crippen LogP contribution in [0.3, 0.4) is 0 Å². The third-order valence-corrected chi connectivity index (χ3v) is 1.97. The van der Waals surface area contributed by atoms with Crippen molar-refractivity contribution in [1.29, 1.82) is 0 Å². The van der Waals surface area contributed by atoms with Crippen molar-refractivity contribution in [3.63, 3.8) is 0 Å². The zero-order chi connectivity index (χ0) is 8.69. The van der Waals surface area contributed by atoms with Crippen molar-refractivity contribution in [2.24, 2.45) is 11.5 Å². The molecule has 0 fully saturated rings. The largest absolute Gasteiger partial charge is 0.329 e. The molecule has 0 saturated heterocycles. The van der Waals surface area contributed by atoms with Gasteiger partial charge in [0.25, 0.3) is 0 Å². The first-order valence-electron chi connectivity index (χ1n) is 4.43. The van der Waals surface area contributed by atoms with Crippen LogP contribution in [0.4, 0.5) is 0 Å². The molecule has 0 aliphatic rings. The first kappa shape index (κ1) is 10.9. The quantitative estimate of drug-likeness (QED) is 0.513. The topological polar surface area (TPSA) is 64.1 Å². The highest BCUT2D eigenvalue weighted by atomic mass is 14.9. The summed E-state index contributed by atoms with van der Waals surface area (Å²) in [5.74, 6) is 0. The minimum Gasteiger partial charge on any atom is -0.329 e. The summed E-state index contributed by atoms with van der Waals surface area (Å²) in [6, 6.07) is 0.711. The lowest BCUT2D eigenvalue weighted by molar-refractivity contribution is 0.468. The van der Waals surface area contributed by atoms with Crippen LogP contribution >= 0.6 is 0 Å². The zero-order valence-electron chi connectivity index (χ0n) is 7.64. The molecule has 3 nitrogen and oxygen atoms in total. The van der Waals surface area contributed by atoms with Gasteiger partial charge in [0.1, 0.15) is 0 Å². The lowest BCUT2D eigenvalue weighted by atomic mass is 10.2. The van der Waals surface area contributed by atoms with Gasteiger partial charge in [-0.15, -0.1) is 0 Å². The molecule has 0 spiro atoms. The summed E-state index contributed by atoms with van der Waals surface area (Å²) in [6.45, 7) is 5.80. The van der Waals surface area contributed by atoms with Crippen LogP contribution in [-0.4, -0.2) is 25.2 Å². The number of hydrogen-bond donors (Lipinski definition) is 3. The predicted molar refractivity (Wildman–Crippen MR) is 49.4 cm³/mol. The molecular formula is C8H21N3. The van der Waals surface area contributed by atoms with Crippen molar-refractivity contribution in [2.45, 2.75) is 38.8 Å². The van der Waals surface area contributed by atoms with Gasteiger partial charge in [0.2, 0.25) is 0 Å². The Morgan fingerprint density at radius 1 is 1.27 bits per heavy atom. The molecule has 0 amide bonds. The Morgan fingerprint density at radius 3 is 2.27 bits per heavy atom. The molecule has 0 rings (SSSR count). The van der Waals surface area contributed by atoms with E-state index in [-0.39, 0.29) is 6.04 Å². The maximum atomic E-state index is 5.73. The molecule has 68 valence electrons. The highest BCUT2D eigenvalue weighted by molar-refractivity contribution is 4.69. The molecule has 0 aliphatic carbocycles. The van der Waals surface area contributed by atoms with Crippen LogP contribution in [0.2, 0.25) is 0 Å². The van der Waals surface area contributed by atoms with Crippen molar-refractivity contribution < 1.29 is 0 Å². The van der Waals surface area contributed by atoms with Gasteiger partial charge in [0.15, 0.2) is 0 Å². The van der Waals surface area contributed by atoms with Crippen molar-refractivity contribution in [3.05, 3.63) is 0 Å². The molecule has 3 heteroatoms. The molecule has 0 saturated carbocycles. The van der Waals surface area contributed by atoms with E-state index in [0.29, 0.717) is 12.6 Å². The molecular weight excluding hydrogens is 138 g/mol. The first-order chi connectivity index (χ1) is 5.24. The van der Waals surface area contributed by atoms with E-state index >= 15 is 0 Å². The lowest BCUT2D eigenvalue weighted by Gasteiger charge is -2.17. The number of hydrogen-bond acceptors (Lipinski definition) is 3. The fourth-order valence-corrected chi connectivity index (χ4v) is 0.857. The summed E-state index contributed by atoms with van der Waals surface area (Å²) in [7, 11) is 0. The Bertz CT molecular complexity index is 81.4. The maximum absolute atomic E-state index is 5.73. The molecule has 0 bridgehead atoms. The molecule has 0 aromatic rings. The molecule has 0 aliphatic heterocycles. The molecule has 0 aromatic carbocycles. The maximum Gasteiger partial charge on any atom is 0.0188 e. The van der Waals surface area contributed by atoms with Gasteiger partial charge in [-0.2, -0.15) is 0 Å². The Morgan fingerprint density at radius 2 is 1.91 bits per heavy atom. The lowest BCUT2D eigenvalue weighted by Crippen LogP contribution is -2.42. The summed E-state index contributed by atoms with van der Waals surface area (Å²) < 4.78 is 0. The van der Waals surface area contributed by atoms with Crippen molar-refractivity contribution in [2.75, 3.05) is 13.1 Å². The Kier molecular flexibility index (Phi) is 6.51. The van der Waals surface area contributed by atoms with Gasteiger partial charge in [0.05, 0.1) is 0 Å². The van der Waals surface area contributed by atoms with Gasteiger partial charge >= 0.3 is 0 Å². The normalized spacial score (nSPS) is 16.4. The van der Waals surface area contributed by atoms with E-state index in [4.69, 9.17) is 11.5 Å². The zero-order valence-corrected chi connectivity index (χ0v) is 7.64.